The predicted molar refractivity (Wildman–Crippen MR) is 95.3 cm³/mol. The van der Waals surface area contributed by atoms with Crippen LogP contribution in [-0.4, -0.2) is 16.1 Å². The van der Waals surface area contributed by atoms with Gasteiger partial charge in [-0.05, 0) is 35.7 Å². The highest BCUT2D eigenvalue weighted by atomic mass is 32.1. The topological polar surface area (TPSA) is 50.2 Å². The van der Waals surface area contributed by atoms with Gasteiger partial charge in [0.25, 0.3) is 0 Å². The molecule has 0 amide bonds. The number of carboxylic acids is 1. The first-order valence-corrected chi connectivity index (χ1v) is 8.69. The SMILES string of the molecule is O=C(O)c1cc(-c2ccc(-c3cccs3)s2)nc2ccccc12. The zero-order valence-corrected chi connectivity index (χ0v) is 13.5. The molecule has 23 heavy (non-hydrogen) atoms. The molecule has 0 aliphatic carbocycles. The molecule has 4 rings (SSSR count). The van der Waals surface area contributed by atoms with Crippen molar-refractivity contribution in [3.63, 3.8) is 0 Å². The van der Waals surface area contributed by atoms with E-state index in [9.17, 15) is 9.90 Å². The molecule has 1 aromatic carbocycles. The van der Waals surface area contributed by atoms with Crippen molar-refractivity contribution in [3.8, 4) is 20.3 Å². The molecule has 3 heterocycles. The van der Waals surface area contributed by atoms with E-state index >= 15 is 0 Å². The Hall–Kier alpha value is -2.50. The Morgan fingerprint density at radius 3 is 2.57 bits per heavy atom. The smallest absolute Gasteiger partial charge is 0.336 e. The summed E-state index contributed by atoms with van der Waals surface area (Å²) < 4.78 is 0. The summed E-state index contributed by atoms with van der Waals surface area (Å²) in [6.45, 7) is 0. The van der Waals surface area contributed by atoms with Crippen molar-refractivity contribution in [2.24, 2.45) is 0 Å². The lowest BCUT2D eigenvalue weighted by molar-refractivity contribution is 0.0699. The second kappa shape index (κ2) is 5.61. The van der Waals surface area contributed by atoms with Gasteiger partial charge in [-0.25, -0.2) is 9.78 Å². The maximum absolute atomic E-state index is 11.6. The number of benzene rings is 1. The Bertz CT molecular complexity index is 1000. The van der Waals surface area contributed by atoms with Crippen LogP contribution in [0.5, 0.6) is 0 Å². The van der Waals surface area contributed by atoms with Gasteiger partial charge in [-0.3, -0.25) is 0 Å². The van der Waals surface area contributed by atoms with E-state index in [0.717, 1.165) is 4.88 Å². The molecule has 112 valence electrons. The number of carbonyl (C=O) groups is 1. The number of aromatic nitrogens is 1. The maximum atomic E-state index is 11.6. The lowest BCUT2D eigenvalue weighted by atomic mass is 10.1. The van der Waals surface area contributed by atoms with Crippen molar-refractivity contribution in [1.29, 1.82) is 0 Å². The minimum atomic E-state index is -0.931. The number of hydrogen-bond acceptors (Lipinski definition) is 4. The third-order valence-corrected chi connectivity index (χ3v) is 5.74. The van der Waals surface area contributed by atoms with Crippen molar-refractivity contribution in [2.75, 3.05) is 0 Å². The molecule has 0 fully saturated rings. The van der Waals surface area contributed by atoms with Gasteiger partial charge < -0.3 is 5.11 Å². The third kappa shape index (κ3) is 2.54. The Morgan fingerprint density at radius 1 is 0.957 bits per heavy atom. The van der Waals surface area contributed by atoms with E-state index in [2.05, 4.69) is 17.1 Å². The van der Waals surface area contributed by atoms with Crippen LogP contribution in [-0.2, 0) is 0 Å². The standard InChI is InChI=1S/C18H11NO2S2/c20-18(21)12-10-14(19-13-5-2-1-4-11(12)13)15-7-8-17(23-15)16-6-3-9-22-16/h1-10H,(H,20,21). The summed E-state index contributed by atoms with van der Waals surface area (Å²) in [5.74, 6) is -0.931. The predicted octanol–water partition coefficient (Wildman–Crippen LogP) is 5.39. The Kier molecular flexibility index (Phi) is 3.44. The quantitative estimate of drug-likeness (QED) is 0.545. The fraction of sp³-hybridized carbons (Fsp3) is 0. The molecular formula is C18H11NO2S2. The number of para-hydroxylation sites is 1. The van der Waals surface area contributed by atoms with Crippen LogP contribution < -0.4 is 0 Å². The van der Waals surface area contributed by atoms with E-state index in [0.29, 0.717) is 16.6 Å². The highest BCUT2D eigenvalue weighted by Crippen LogP contribution is 2.36. The van der Waals surface area contributed by atoms with Crippen LogP contribution in [0.4, 0.5) is 0 Å². The van der Waals surface area contributed by atoms with Gasteiger partial charge in [-0.15, -0.1) is 22.7 Å². The van der Waals surface area contributed by atoms with Crippen molar-refractivity contribution in [2.45, 2.75) is 0 Å². The van der Waals surface area contributed by atoms with Crippen LogP contribution in [0.2, 0.25) is 0 Å². The van der Waals surface area contributed by atoms with Crippen molar-refractivity contribution < 1.29 is 9.90 Å². The summed E-state index contributed by atoms with van der Waals surface area (Å²) in [5, 5.41) is 12.2. The second-order valence-corrected chi connectivity index (χ2v) is 7.05. The lowest BCUT2D eigenvalue weighted by Crippen LogP contribution is -1.99. The van der Waals surface area contributed by atoms with Gasteiger partial charge in [0.1, 0.15) is 0 Å². The van der Waals surface area contributed by atoms with Gasteiger partial charge in [0.05, 0.1) is 21.7 Å². The van der Waals surface area contributed by atoms with E-state index in [1.54, 1.807) is 34.8 Å². The highest BCUT2D eigenvalue weighted by Gasteiger charge is 2.14. The number of pyridine rings is 1. The zero-order valence-electron chi connectivity index (χ0n) is 11.9. The number of carboxylic acid groups (broad SMARTS) is 1. The molecule has 0 unspecified atom stereocenters. The van der Waals surface area contributed by atoms with Crippen LogP contribution in [0.25, 0.3) is 31.2 Å². The Labute approximate surface area is 140 Å². The van der Waals surface area contributed by atoms with Crippen LogP contribution in [0.3, 0.4) is 0 Å². The number of aromatic carboxylic acids is 1. The molecule has 1 N–H and O–H groups in total. The summed E-state index contributed by atoms with van der Waals surface area (Å²) in [5.41, 5.74) is 1.69. The van der Waals surface area contributed by atoms with Crippen molar-refractivity contribution in [3.05, 3.63) is 65.5 Å². The van der Waals surface area contributed by atoms with Crippen LogP contribution in [0.1, 0.15) is 10.4 Å². The minimum absolute atomic E-state index is 0.289. The van der Waals surface area contributed by atoms with Gasteiger partial charge >= 0.3 is 5.97 Å². The highest BCUT2D eigenvalue weighted by molar-refractivity contribution is 7.23. The van der Waals surface area contributed by atoms with Crippen molar-refractivity contribution >= 4 is 39.5 Å². The molecule has 0 bridgehead atoms. The first kappa shape index (κ1) is 14.1. The summed E-state index contributed by atoms with van der Waals surface area (Å²) in [6, 6.07) is 17.2. The molecule has 0 saturated carbocycles. The van der Waals surface area contributed by atoms with Crippen molar-refractivity contribution in [1.82, 2.24) is 4.98 Å². The van der Waals surface area contributed by atoms with Crippen LogP contribution in [0.15, 0.2) is 60.0 Å². The largest absolute Gasteiger partial charge is 0.478 e. The molecule has 0 spiro atoms. The summed E-state index contributed by atoms with van der Waals surface area (Å²) >= 11 is 3.32. The van der Waals surface area contributed by atoms with E-state index < -0.39 is 5.97 Å². The molecule has 0 atom stereocenters. The average molecular weight is 337 g/mol. The number of fused-ring (bicyclic) bond motifs is 1. The van der Waals surface area contributed by atoms with E-state index in [-0.39, 0.29) is 5.56 Å². The monoisotopic (exact) mass is 337 g/mol. The molecule has 5 heteroatoms. The molecule has 0 radical (unpaired) electrons. The molecule has 3 aromatic heterocycles. The minimum Gasteiger partial charge on any atom is -0.478 e. The second-order valence-electron chi connectivity index (χ2n) is 5.02. The molecule has 0 aliphatic heterocycles. The fourth-order valence-corrected chi connectivity index (χ4v) is 4.31. The number of nitrogens with zero attached hydrogens (tertiary/aromatic N) is 1. The van der Waals surface area contributed by atoms with Crippen LogP contribution in [0, 0.1) is 0 Å². The van der Waals surface area contributed by atoms with Gasteiger partial charge in [-0.1, -0.05) is 24.3 Å². The van der Waals surface area contributed by atoms with Gasteiger partial charge in [0, 0.05) is 15.1 Å². The summed E-state index contributed by atoms with van der Waals surface area (Å²) in [4.78, 5) is 19.6. The first-order valence-electron chi connectivity index (χ1n) is 6.99. The van der Waals surface area contributed by atoms with E-state index in [1.165, 1.54) is 9.75 Å². The number of rotatable bonds is 3. The molecular weight excluding hydrogens is 326 g/mol. The van der Waals surface area contributed by atoms with Crippen LogP contribution >= 0.6 is 22.7 Å². The zero-order chi connectivity index (χ0) is 15.8. The Morgan fingerprint density at radius 2 is 1.78 bits per heavy atom. The first-order chi connectivity index (χ1) is 11.2. The van der Waals surface area contributed by atoms with Gasteiger partial charge in [-0.2, -0.15) is 0 Å². The van der Waals surface area contributed by atoms with E-state index in [4.69, 9.17) is 0 Å². The number of hydrogen-bond donors (Lipinski definition) is 1. The maximum Gasteiger partial charge on any atom is 0.336 e. The Balaban J connectivity index is 1.87. The summed E-state index contributed by atoms with van der Waals surface area (Å²) in [7, 11) is 0. The molecule has 4 aromatic rings. The van der Waals surface area contributed by atoms with E-state index in [1.807, 2.05) is 35.7 Å². The number of thiophene rings is 2. The third-order valence-electron chi connectivity index (χ3n) is 3.57. The summed E-state index contributed by atoms with van der Waals surface area (Å²) in [6.07, 6.45) is 0. The molecule has 0 saturated heterocycles. The molecule has 0 aliphatic rings. The fourth-order valence-electron chi connectivity index (χ4n) is 2.51. The lowest BCUT2D eigenvalue weighted by Gasteiger charge is -2.05. The normalized spacial score (nSPS) is 11.0. The molecule has 3 nitrogen and oxygen atoms in total. The average Bonchev–Trinajstić information content (AvgIpc) is 3.24. The van der Waals surface area contributed by atoms with Gasteiger partial charge in [0.2, 0.25) is 0 Å². The van der Waals surface area contributed by atoms with Gasteiger partial charge in [0.15, 0.2) is 0 Å².